The standard InChI is InChI=1S/C21H15F3N4O/c1-13-9-10-28-12-18(27-20(28)25-13)14-5-7-17(8-6-14)26-19(29)15-3-2-4-16(11-15)21(22,23)24/h2-12H,1H3,(H,26,29). The molecule has 0 radical (unpaired) electrons. The van der Waals surface area contributed by atoms with Gasteiger partial charge in [-0.3, -0.25) is 9.20 Å². The second-order valence-electron chi connectivity index (χ2n) is 6.51. The van der Waals surface area contributed by atoms with Gasteiger partial charge in [0.25, 0.3) is 5.91 Å². The van der Waals surface area contributed by atoms with E-state index in [9.17, 15) is 18.0 Å². The zero-order chi connectivity index (χ0) is 20.6. The van der Waals surface area contributed by atoms with Crippen molar-refractivity contribution < 1.29 is 18.0 Å². The van der Waals surface area contributed by atoms with Gasteiger partial charge in [0, 0.05) is 34.9 Å². The van der Waals surface area contributed by atoms with Crippen LogP contribution >= 0.6 is 0 Å². The van der Waals surface area contributed by atoms with Gasteiger partial charge in [-0.2, -0.15) is 13.2 Å². The Morgan fingerprint density at radius 1 is 1.03 bits per heavy atom. The second-order valence-corrected chi connectivity index (χ2v) is 6.51. The summed E-state index contributed by atoms with van der Waals surface area (Å²) in [4.78, 5) is 21.1. The van der Waals surface area contributed by atoms with Gasteiger partial charge in [0.15, 0.2) is 0 Å². The van der Waals surface area contributed by atoms with Crippen LogP contribution in [0.1, 0.15) is 21.6 Å². The van der Waals surface area contributed by atoms with Gasteiger partial charge in [-0.15, -0.1) is 0 Å². The molecule has 2 aromatic carbocycles. The molecule has 4 aromatic rings. The number of benzene rings is 2. The number of aromatic nitrogens is 3. The number of halogens is 3. The first-order valence-corrected chi connectivity index (χ1v) is 8.71. The van der Waals surface area contributed by atoms with Gasteiger partial charge in [-0.05, 0) is 43.3 Å². The van der Waals surface area contributed by atoms with E-state index in [4.69, 9.17) is 0 Å². The number of aryl methyl sites for hydroxylation is 1. The number of imidazole rings is 1. The molecule has 2 aromatic heterocycles. The van der Waals surface area contributed by atoms with Crippen LogP contribution in [0.2, 0.25) is 0 Å². The van der Waals surface area contributed by atoms with Crippen molar-refractivity contribution in [3.05, 3.63) is 83.8 Å². The number of nitrogens with one attached hydrogen (secondary N) is 1. The van der Waals surface area contributed by atoms with E-state index in [1.165, 1.54) is 12.1 Å². The molecule has 146 valence electrons. The third-order valence-corrected chi connectivity index (χ3v) is 4.36. The summed E-state index contributed by atoms with van der Waals surface area (Å²) in [5, 5.41) is 2.61. The van der Waals surface area contributed by atoms with Crippen molar-refractivity contribution in [3.8, 4) is 11.3 Å². The Morgan fingerprint density at radius 2 is 1.79 bits per heavy atom. The number of hydrogen-bond donors (Lipinski definition) is 1. The highest BCUT2D eigenvalue weighted by Crippen LogP contribution is 2.29. The third kappa shape index (κ3) is 3.96. The second kappa shape index (κ2) is 7.05. The smallest absolute Gasteiger partial charge is 0.322 e. The predicted octanol–water partition coefficient (Wildman–Crippen LogP) is 4.98. The molecule has 29 heavy (non-hydrogen) atoms. The molecule has 0 aliphatic rings. The summed E-state index contributed by atoms with van der Waals surface area (Å²) in [6.45, 7) is 1.89. The van der Waals surface area contributed by atoms with Crippen molar-refractivity contribution >= 4 is 17.4 Å². The molecule has 0 atom stereocenters. The lowest BCUT2D eigenvalue weighted by Gasteiger charge is -2.09. The molecule has 0 aliphatic heterocycles. The Balaban J connectivity index is 1.52. The van der Waals surface area contributed by atoms with Gasteiger partial charge in [0.1, 0.15) is 0 Å². The van der Waals surface area contributed by atoms with Crippen LogP contribution in [-0.4, -0.2) is 20.3 Å². The maximum absolute atomic E-state index is 12.8. The Labute approximate surface area is 163 Å². The lowest BCUT2D eigenvalue weighted by Crippen LogP contribution is -2.13. The molecule has 1 N–H and O–H groups in total. The molecular formula is C21H15F3N4O. The minimum absolute atomic E-state index is 0.0642. The van der Waals surface area contributed by atoms with E-state index in [1.807, 2.05) is 29.8 Å². The highest BCUT2D eigenvalue weighted by Gasteiger charge is 2.30. The summed E-state index contributed by atoms with van der Waals surface area (Å²) < 4.78 is 40.3. The summed E-state index contributed by atoms with van der Waals surface area (Å²) in [6.07, 6.45) is -0.782. The fourth-order valence-electron chi connectivity index (χ4n) is 2.86. The maximum atomic E-state index is 12.8. The van der Waals surface area contributed by atoms with E-state index in [-0.39, 0.29) is 5.56 Å². The number of fused-ring (bicyclic) bond motifs is 1. The molecule has 1 amide bonds. The molecule has 0 saturated carbocycles. The minimum Gasteiger partial charge on any atom is -0.322 e. The van der Waals surface area contributed by atoms with Crippen LogP contribution in [-0.2, 0) is 6.18 Å². The molecule has 4 rings (SSSR count). The number of hydrogen-bond acceptors (Lipinski definition) is 3. The number of anilines is 1. The first kappa shape index (κ1) is 18.7. The van der Waals surface area contributed by atoms with E-state index >= 15 is 0 Å². The fraction of sp³-hybridized carbons (Fsp3) is 0.0952. The molecule has 0 spiro atoms. The molecule has 0 saturated heterocycles. The number of carbonyl (C=O) groups is 1. The largest absolute Gasteiger partial charge is 0.416 e. The highest BCUT2D eigenvalue weighted by molar-refractivity contribution is 6.04. The van der Waals surface area contributed by atoms with Gasteiger partial charge >= 0.3 is 6.18 Å². The molecule has 2 heterocycles. The zero-order valence-corrected chi connectivity index (χ0v) is 15.2. The summed E-state index contributed by atoms with van der Waals surface area (Å²) in [7, 11) is 0. The summed E-state index contributed by atoms with van der Waals surface area (Å²) in [6, 6.07) is 13.1. The fourth-order valence-corrected chi connectivity index (χ4v) is 2.86. The average Bonchev–Trinajstić information content (AvgIpc) is 3.11. The molecule has 0 unspecified atom stereocenters. The van der Waals surface area contributed by atoms with E-state index in [2.05, 4.69) is 15.3 Å². The first-order valence-electron chi connectivity index (χ1n) is 8.71. The van der Waals surface area contributed by atoms with E-state index < -0.39 is 17.6 Å². The lowest BCUT2D eigenvalue weighted by atomic mass is 10.1. The van der Waals surface area contributed by atoms with Gasteiger partial charge < -0.3 is 5.32 Å². The minimum atomic E-state index is -4.50. The Hall–Kier alpha value is -3.68. The summed E-state index contributed by atoms with van der Waals surface area (Å²) in [5.41, 5.74) is 1.95. The van der Waals surface area contributed by atoms with Crippen molar-refractivity contribution in [1.82, 2.24) is 14.4 Å². The van der Waals surface area contributed by atoms with Gasteiger partial charge in [-0.1, -0.05) is 18.2 Å². The van der Waals surface area contributed by atoms with Gasteiger partial charge in [0.05, 0.1) is 11.3 Å². The average molecular weight is 396 g/mol. The Bertz CT molecular complexity index is 1200. The quantitative estimate of drug-likeness (QED) is 0.532. The normalized spacial score (nSPS) is 11.6. The number of alkyl halides is 3. The third-order valence-electron chi connectivity index (χ3n) is 4.36. The summed E-state index contributed by atoms with van der Waals surface area (Å²) >= 11 is 0. The van der Waals surface area contributed by atoms with E-state index in [0.29, 0.717) is 11.5 Å². The molecule has 0 bridgehead atoms. The molecule has 0 aliphatic carbocycles. The van der Waals surface area contributed by atoms with Crippen molar-refractivity contribution in [2.45, 2.75) is 13.1 Å². The number of nitrogens with zero attached hydrogens (tertiary/aromatic N) is 3. The number of amides is 1. The van der Waals surface area contributed by atoms with E-state index in [1.54, 1.807) is 24.3 Å². The zero-order valence-electron chi connectivity index (χ0n) is 15.2. The molecule has 5 nitrogen and oxygen atoms in total. The van der Waals surface area contributed by atoms with Crippen molar-refractivity contribution in [1.29, 1.82) is 0 Å². The lowest BCUT2D eigenvalue weighted by molar-refractivity contribution is -0.137. The van der Waals surface area contributed by atoms with Crippen LogP contribution in [0.3, 0.4) is 0 Å². The first-order chi connectivity index (χ1) is 13.8. The topological polar surface area (TPSA) is 59.3 Å². The highest BCUT2D eigenvalue weighted by atomic mass is 19.4. The van der Waals surface area contributed by atoms with Crippen LogP contribution in [0.25, 0.3) is 17.0 Å². The Morgan fingerprint density at radius 3 is 2.52 bits per heavy atom. The molecule has 0 fully saturated rings. The SMILES string of the molecule is Cc1ccn2cc(-c3ccc(NC(=O)c4cccc(C(F)(F)F)c4)cc3)nc2n1. The van der Waals surface area contributed by atoms with Gasteiger partial charge in [-0.25, -0.2) is 9.97 Å². The predicted molar refractivity (Wildman–Crippen MR) is 103 cm³/mol. The maximum Gasteiger partial charge on any atom is 0.416 e. The van der Waals surface area contributed by atoms with Crippen LogP contribution in [0.4, 0.5) is 18.9 Å². The number of carbonyl (C=O) groups excluding carboxylic acids is 1. The monoisotopic (exact) mass is 396 g/mol. The van der Waals surface area contributed by atoms with Crippen molar-refractivity contribution in [2.75, 3.05) is 5.32 Å². The van der Waals surface area contributed by atoms with Crippen molar-refractivity contribution in [2.24, 2.45) is 0 Å². The van der Waals surface area contributed by atoms with Gasteiger partial charge in [0.2, 0.25) is 5.78 Å². The number of rotatable bonds is 3. The van der Waals surface area contributed by atoms with Crippen LogP contribution in [0, 0.1) is 6.92 Å². The van der Waals surface area contributed by atoms with E-state index in [0.717, 1.165) is 29.1 Å². The summed E-state index contributed by atoms with van der Waals surface area (Å²) in [5.74, 6) is -0.0295. The van der Waals surface area contributed by atoms with Crippen LogP contribution < -0.4 is 5.32 Å². The Kier molecular flexibility index (Phi) is 4.54. The van der Waals surface area contributed by atoms with Crippen LogP contribution in [0.15, 0.2) is 67.0 Å². The molecular weight excluding hydrogens is 381 g/mol. The van der Waals surface area contributed by atoms with Crippen LogP contribution in [0.5, 0.6) is 0 Å². The van der Waals surface area contributed by atoms with Crippen molar-refractivity contribution in [3.63, 3.8) is 0 Å². The molecule has 8 heteroatoms.